The van der Waals surface area contributed by atoms with Crippen LogP contribution in [-0.2, 0) is 65.4 Å². The van der Waals surface area contributed by atoms with E-state index in [0.29, 0.717) is 25.7 Å². The zero-order valence-electron chi connectivity index (χ0n) is 59.3. The Morgan fingerprint density at radius 2 is 0.560 bits per heavy atom. The van der Waals surface area contributed by atoms with Crippen LogP contribution in [0.2, 0.25) is 0 Å². The van der Waals surface area contributed by atoms with Gasteiger partial charge in [0, 0.05) is 25.7 Å². The molecule has 0 radical (unpaired) electrons. The van der Waals surface area contributed by atoms with E-state index in [1.165, 1.54) is 167 Å². The number of phosphoric acid groups is 2. The Hall–Kier alpha value is -1.94. The molecule has 0 heterocycles. The minimum absolute atomic E-state index is 0.103. The summed E-state index contributed by atoms with van der Waals surface area (Å²) < 4.78 is 68.3. The fourth-order valence-corrected chi connectivity index (χ4v) is 12.4. The van der Waals surface area contributed by atoms with Gasteiger partial charge in [0.15, 0.2) is 12.2 Å². The normalized spacial score (nSPS) is 14.5. The number of esters is 4. The topological polar surface area (TPSA) is 237 Å². The molecule has 0 rings (SSSR count). The summed E-state index contributed by atoms with van der Waals surface area (Å²) in [6.45, 7) is 11.8. The van der Waals surface area contributed by atoms with Gasteiger partial charge < -0.3 is 33.8 Å². The average molecular weight is 1340 g/mol. The van der Waals surface area contributed by atoms with Crippen molar-refractivity contribution in [3.63, 3.8) is 0 Å². The van der Waals surface area contributed by atoms with Crippen LogP contribution in [0.15, 0.2) is 0 Å². The summed E-state index contributed by atoms with van der Waals surface area (Å²) in [5.74, 6) is 0.0662. The first kappa shape index (κ1) is 89.1. The lowest BCUT2D eigenvalue weighted by Crippen LogP contribution is -2.30. The third-order valence-corrected chi connectivity index (χ3v) is 18.9. The van der Waals surface area contributed by atoms with Crippen LogP contribution in [0, 0.1) is 17.8 Å². The van der Waals surface area contributed by atoms with Gasteiger partial charge in [-0.3, -0.25) is 37.3 Å². The molecule has 19 heteroatoms. The zero-order valence-corrected chi connectivity index (χ0v) is 61.1. The minimum Gasteiger partial charge on any atom is -0.462 e. The van der Waals surface area contributed by atoms with Crippen molar-refractivity contribution in [2.24, 2.45) is 17.8 Å². The molecule has 91 heavy (non-hydrogen) atoms. The van der Waals surface area contributed by atoms with Crippen molar-refractivity contribution in [2.45, 2.75) is 381 Å². The molecule has 540 valence electrons. The lowest BCUT2D eigenvalue weighted by atomic mass is 10.00. The first-order chi connectivity index (χ1) is 43.8. The Morgan fingerprint density at radius 1 is 0.319 bits per heavy atom. The smallest absolute Gasteiger partial charge is 0.462 e. The van der Waals surface area contributed by atoms with E-state index in [-0.39, 0.29) is 25.7 Å². The molecule has 0 aliphatic rings. The minimum atomic E-state index is -4.95. The number of carbonyl (C=O) groups excluding carboxylic acids is 4. The third kappa shape index (κ3) is 65.1. The van der Waals surface area contributed by atoms with Crippen LogP contribution in [0.3, 0.4) is 0 Å². The van der Waals surface area contributed by atoms with Crippen molar-refractivity contribution in [2.75, 3.05) is 39.6 Å². The first-order valence-electron chi connectivity index (χ1n) is 37.4. The fourth-order valence-electron chi connectivity index (χ4n) is 10.9. The summed E-state index contributed by atoms with van der Waals surface area (Å²) in [5.41, 5.74) is 0. The highest BCUT2D eigenvalue weighted by Crippen LogP contribution is 2.45. The molecule has 0 saturated heterocycles. The zero-order chi connectivity index (χ0) is 67.3. The van der Waals surface area contributed by atoms with Crippen LogP contribution in [0.5, 0.6) is 0 Å². The van der Waals surface area contributed by atoms with E-state index in [1.807, 2.05) is 0 Å². The standard InChI is InChI=1S/C72H140O17P2/c1-8-10-11-12-13-14-15-16-17-18-19-20-21-22-25-32-41-48-55-71(76)88-67(59-82-69(74)53-46-39-31-26-23-24-29-36-43-50-63(3)4)61-86-90(78,79)84-57-66(73)58-85-91(80,81)87-62-68(60-83-70(75)54-47-40-35-34-38-45-52-65(7)9-2)89-72(77)56-49-42-33-28-27-30-37-44-51-64(5)6/h63-68,73H,8-62H2,1-7H3,(H,78,79)(H,80,81)/t65?,66-,67-,68-/m1/s1. The van der Waals surface area contributed by atoms with Crippen molar-refractivity contribution in [3.8, 4) is 0 Å². The van der Waals surface area contributed by atoms with Crippen LogP contribution in [0.4, 0.5) is 0 Å². The second-order valence-electron chi connectivity index (χ2n) is 27.2. The molecule has 0 fully saturated rings. The molecule has 0 spiro atoms. The van der Waals surface area contributed by atoms with Gasteiger partial charge in [0.25, 0.3) is 0 Å². The maximum Gasteiger partial charge on any atom is 0.472 e. The van der Waals surface area contributed by atoms with Gasteiger partial charge in [0.05, 0.1) is 26.4 Å². The van der Waals surface area contributed by atoms with Crippen LogP contribution in [0.25, 0.3) is 0 Å². The van der Waals surface area contributed by atoms with Gasteiger partial charge in [-0.1, -0.05) is 312 Å². The predicted molar refractivity (Wildman–Crippen MR) is 368 cm³/mol. The van der Waals surface area contributed by atoms with E-state index in [2.05, 4.69) is 48.5 Å². The second-order valence-corrected chi connectivity index (χ2v) is 30.1. The van der Waals surface area contributed by atoms with Crippen molar-refractivity contribution in [1.82, 2.24) is 0 Å². The monoisotopic (exact) mass is 1340 g/mol. The van der Waals surface area contributed by atoms with Crippen LogP contribution in [-0.4, -0.2) is 96.7 Å². The number of carbonyl (C=O) groups is 4. The van der Waals surface area contributed by atoms with Crippen LogP contribution in [0.1, 0.15) is 363 Å². The number of hydrogen-bond acceptors (Lipinski definition) is 15. The first-order valence-corrected chi connectivity index (χ1v) is 40.4. The number of phosphoric ester groups is 2. The summed E-state index contributed by atoms with van der Waals surface area (Å²) in [6.07, 6.45) is 47.3. The Labute approximate surface area is 556 Å². The quantitative estimate of drug-likeness (QED) is 0.0222. The summed E-state index contributed by atoms with van der Waals surface area (Å²) in [5, 5.41) is 10.6. The Balaban J connectivity index is 5.23. The second kappa shape index (κ2) is 62.8. The fraction of sp³-hybridized carbons (Fsp3) is 0.944. The highest BCUT2D eigenvalue weighted by molar-refractivity contribution is 7.47. The Bertz CT molecular complexity index is 1790. The van der Waals surface area contributed by atoms with Crippen molar-refractivity contribution in [3.05, 3.63) is 0 Å². The maximum absolute atomic E-state index is 13.0. The molecule has 0 aliphatic heterocycles. The van der Waals surface area contributed by atoms with E-state index in [1.54, 1.807) is 0 Å². The van der Waals surface area contributed by atoms with Crippen molar-refractivity contribution < 1.29 is 80.2 Å². The van der Waals surface area contributed by atoms with Gasteiger partial charge in [-0.15, -0.1) is 0 Å². The molecular weight excluding hydrogens is 1200 g/mol. The van der Waals surface area contributed by atoms with E-state index in [0.717, 1.165) is 114 Å². The molecule has 0 amide bonds. The molecule has 3 unspecified atom stereocenters. The molecule has 0 aliphatic carbocycles. The Kier molecular flexibility index (Phi) is 61.5. The number of aliphatic hydroxyl groups is 1. The largest absolute Gasteiger partial charge is 0.472 e. The molecule has 3 N–H and O–H groups in total. The lowest BCUT2D eigenvalue weighted by molar-refractivity contribution is -0.161. The van der Waals surface area contributed by atoms with E-state index in [9.17, 15) is 43.2 Å². The van der Waals surface area contributed by atoms with E-state index >= 15 is 0 Å². The molecule has 0 aromatic carbocycles. The predicted octanol–water partition coefficient (Wildman–Crippen LogP) is 20.6. The molecule has 6 atom stereocenters. The maximum atomic E-state index is 13.0. The third-order valence-electron chi connectivity index (χ3n) is 17.0. The SMILES string of the molecule is CCCCCCCCCCCCCCCCCCCCC(=O)O[C@H](COC(=O)CCCCCCCCCCCC(C)C)COP(=O)(O)OC[C@@H](O)COP(=O)(O)OC[C@@H](COC(=O)CCCCCCCCC(C)CC)OC(=O)CCCCCCCCCCC(C)C. The number of ether oxygens (including phenoxy) is 4. The van der Waals surface area contributed by atoms with Gasteiger partial charge in [0.1, 0.15) is 19.3 Å². The van der Waals surface area contributed by atoms with E-state index < -0.39 is 97.5 Å². The van der Waals surface area contributed by atoms with Gasteiger partial charge in [-0.25, -0.2) is 9.13 Å². The summed E-state index contributed by atoms with van der Waals surface area (Å²) in [6, 6.07) is 0. The van der Waals surface area contributed by atoms with E-state index in [4.69, 9.17) is 37.0 Å². The number of rotatable bonds is 70. The van der Waals surface area contributed by atoms with Gasteiger partial charge in [-0.05, 0) is 43.4 Å². The van der Waals surface area contributed by atoms with Gasteiger partial charge in [0.2, 0.25) is 0 Å². The van der Waals surface area contributed by atoms with Crippen molar-refractivity contribution in [1.29, 1.82) is 0 Å². The van der Waals surface area contributed by atoms with Crippen molar-refractivity contribution >= 4 is 39.5 Å². The number of hydrogen-bond donors (Lipinski definition) is 3. The molecule has 0 aromatic rings. The summed E-state index contributed by atoms with van der Waals surface area (Å²) >= 11 is 0. The highest BCUT2D eigenvalue weighted by atomic mass is 31.2. The highest BCUT2D eigenvalue weighted by Gasteiger charge is 2.30. The van der Waals surface area contributed by atoms with Gasteiger partial charge >= 0.3 is 39.5 Å². The molecule has 17 nitrogen and oxygen atoms in total. The Morgan fingerprint density at radius 3 is 0.835 bits per heavy atom. The van der Waals surface area contributed by atoms with Crippen LogP contribution >= 0.6 is 15.6 Å². The molecule has 0 aromatic heterocycles. The summed E-state index contributed by atoms with van der Waals surface area (Å²) in [7, 11) is -9.90. The molecule has 0 bridgehead atoms. The summed E-state index contributed by atoms with van der Waals surface area (Å²) in [4.78, 5) is 72.6. The number of aliphatic hydroxyl groups excluding tert-OH is 1. The molecular formula is C72H140O17P2. The van der Waals surface area contributed by atoms with Gasteiger partial charge in [-0.2, -0.15) is 0 Å². The van der Waals surface area contributed by atoms with Crippen LogP contribution < -0.4 is 0 Å². The molecule has 0 saturated carbocycles. The lowest BCUT2D eigenvalue weighted by Gasteiger charge is -2.21. The number of unbranched alkanes of at least 4 members (excludes halogenated alkanes) is 37. The average Bonchev–Trinajstić information content (AvgIpc) is 3.22.